The van der Waals surface area contributed by atoms with Gasteiger partial charge in [0.25, 0.3) is 5.91 Å². The highest BCUT2D eigenvalue weighted by Gasteiger charge is 2.25. The van der Waals surface area contributed by atoms with Crippen LogP contribution in [0.4, 0.5) is 11.4 Å². The van der Waals surface area contributed by atoms with Crippen molar-refractivity contribution < 1.29 is 9.59 Å². The molecule has 30 heavy (non-hydrogen) atoms. The number of hydrogen-bond acceptors (Lipinski definition) is 3. The van der Waals surface area contributed by atoms with Gasteiger partial charge < -0.3 is 15.2 Å². The molecule has 2 aromatic carbocycles. The van der Waals surface area contributed by atoms with Crippen molar-refractivity contribution in [3.05, 3.63) is 64.9 Å². The minimum Gasteiger partial charge on any atom is -0.327 e. The van der Waals surface area contributed by atoms with Crippen molar-refractivity contribution in [3.8, 4) is 11.4 Å². The number of rotatable bonds is 4. The largest absolute Gasteiger partial charge is 0.327 e. The lowest BCUT2D eigenvalue weighted by atomic mass is 10.1. The Hall–Kier alpha value is -3.12. The van der Waals surface area contributed by atoms with Gasteiger partial charge in [-0.3, -0.25) is 9.59 Å². The van der Waals surface area contributed by atoms with Crippen LogP contribution in [0, 0.1) is 0 Å². The molecule has 3 aromatic rings. The standard InChI is InChI=1S/C23H23ClN4O2/c1-15(29)25-18-12-11-17(24)14-19(18)26-23(30)21-20-10-6-3-7-13-28(20)22(27-21)16-8-4-2-5-9-16/h2,4-5,8-9,11-12,14H,3,6-7,10,13H2,1H3,(H,25,29)(H,26,30). The topological polar surface area (TPSA) is 76.0 Å². The number of carbonyl (C=O) groups excluding carboxylic acids is 2. The molecule has 0 bridgehead atoms. The molecule has 0 fully saturated rings. The van der Waals surface area contributed by atoms with Crippen molar-refractivity contribution in [2.45, 2.75) is 39.2 Å². The van der Waals surface area contributed by atoms with Gasteiger partial charge in [-0.05, 0) is 37.5 Å². The first-order valence-electron chi connectivity index (χ1n) is 10.1. The van der Waals surface area contributed by atoms with Crippen LogP contribution in [0.2, 0.25) is 5.02 Å². The number of carbonyl (C=O) groups is 2. The molecular formula is C23H23ClN4O2. The van der Waals surface area contributed by atoms with Gasteiger partial charge in [-0.15, -0.1) is 0 Å². The number of benzene rings is 2. The van der Waals surface area contributed by atoms with E-state index >= 15 is 0 Å². The van der Waals surface area contributed by atoms with Crippen LogP contribution in [-0.2, 0) is 17.8 Å². The molecule has 0 radical (unpaired) electrons. The van der Waals surface area contributed by atoms with E-state index in [1.807, 2.05) is 30.3 Å². The van der Waals surface area contributed by atoms with E-state index in [-0.39, 0.29) is 11.8 Å². The molecule has 2 N–H and O–H groups in total. The molecule has 0 aliphatic carbocycles. The summed E-state index contributed by atoms with van der Waals surface area (Å²) < 4.78 is 2.17. The number of aromatic nitrogens is 2. The molecule has 2 amide bonds. The fourth-order valence-electron chi connectivity index (χ4n) is 3.81. The molecule has 0 saturated carbocycles. The van der Waals surface area contributed by atoms with Crippen LogP contribution in [0.25, 0.3) is 11.4 Å². The second kappa shape index (κ2) is 8.71. The maximum absolute atomic E-state index is 13.2. The molecule has 4 rings (SSSR count). The SMILES string of the molecule is CC(=O)Nc1ccc(Cl)cc1NC(=O)c1nc(-c2ccccc2)n2c1CCCCC2. The van der Waals surface area contributed by atoms with Crippen LogP contribution in [0.3, 0.4) is 0 Å². The zero-order valence-corrected chi connectivity index (χ0v) is 17.5. The summed E-state index contributed by atoms with van der Waals surface area (Å²) in [6.45, 7) is 2.26. The number of nitrogens with zero attached hydrogens (tertiary/aromatic N) is 2. The Morgan fingerprint density at radius 3 is 2.57 bits per heavy atom. The molecular weight excluding hydrogens is 400 g/mol. The first kappa shape index (κ1) is 20.2. The number of halogens is 1. The highest BCUT2D eigenvalue weighted by Crippen LogP contribution is 2.30. The Labute approximate surface area is 180 Å². The fraction of sp³-hybridized carbons (Fsp3) is 0.261. The van der Waals surface area contributed by atoms with E-state index in [1.54, 1.807) is 18.2 Å². The van der Waals surface area contributed by atoms with Crippen molar-refractivity contribution in [1.29, 1.82) is 0 Å². The monoisotopic (exact) mass is 422 g/mol. The van der Waals surface area contributed by atoms with E-state index in [0.717, 1.165) is 49.3 Å². The molecule has 1 aliphatic rings. The van der Waals surface area contributed by atoms with Gasteiger partial charge >= 0.3 is 0 Å². The van der Waals surface area contributed by atoms with Gasteiger partial charge in [0, 0.05) is 24.1 Å². The maximum Gasteiger partial charge on any atom is 0.276 e. The molecule has 1 aromatic heterocycles. The van der Waals surface area contributed by atoms with Crippen LogP contribution in [0.5, 0.6) is 0 Å². The quantitative estimate of drug-likeness (QED) is 0.611. The summed E-state index contributed by atoms with van der Waals surface area (Å²) in [5.74, 6) is 0.276. The van der Waals surface area contributed by atoms with E-state index in [1.165, 1.54) is 6.92 Å². The number of fused-ring (bicyclic) bond motifs is 1. The van der Waals surface area contributed by atoms with Crippen LogP contribution >= 0.6 is 11.6 Å². The summed E-state index contributed by atoms with van der Waals surface area (Å²) in [5, 5.41) is 6.08. The normalized spacial score (nSPS) is 13.3. The van der Waals surface area contributed by atoms with Crippen molar-refractivity contribution in [2.75, 3.05) is 10.6 Å². The minimum absolute atomic E-state index is 0.227. The zero-order valence-electron chi connectivity index (χ0n) is 16.7. The number of nitrogens with one attached hydrogen (secondary N) is 2. The third-order valence-electron chi connectivity index (χ3n) is 5.16. The average molecular weight is 423 g/mol. The third-order valence-corrected chi connectivity index (χ3v) is 5.39. The lowest BCUT2D eigenvalue weighted by molar-refractivity contribution is -0.114. The molecule has 0 saturated heterocycles. The van der Waals surface area contributed by atoms with Crippen LogP contribution < -0.4 is 10.6 Å². The summed E-state index contributed by atoms with van der Waals surface area (Å²) in [5.41, 5.74) is 3.30. The number of imidazole rings is 1. The highest BCUT2D eigenvalue weighted by atomic mass is 35.5. The van der Waals surface area contributed by atoms with Gasteiger partial charge in [0.15, 0.2) is 0 Å². The zero-order chi connectivity index (χ0) is 21.1. The van der Waals surface area contributed by atoms with Crippen molar-refractivity contribution in [3.63, 3.8) is 0 Å². The van der Waals surface area contributed by atoms with Crippen LogP contribution in [0.15, 0.2) is 48.5 Å². The Kier molecular flexibility index (Phi) is 5.86. The summed E-state index contributed by atoms with van der Waals surface area (Å²) in [7, 11) is 0. The van der Waals surface area contributed by atoms with Crippen LogP contribution in [0.1, 0.15) is 42.4 Å². The Morgan fingerprint density at radius 1 is 1.00 bits per heavy atom. The third kappa shape index (κ3) is 4.24. The highest BCUT2D eigenvalue weighted by molar-refractivity contribution is 6.31. The Morgan fingerprint density at radius 2 is 1.80 bits per heavy atom. The van der Waals surface area contributed by atoms with Crippen molar-refractivity contribution in [2.24, 2.45) is 0 Å². The molecule has 154 valence electrons. The first-order chi connectivity index (χ1) is 14.5. The Bertz CT molecular complexity index is 1090. The molecule has 2 heterocycles. The number of anilines is 2. The smallest absolute Gasteiger partial charge is 0.276 e. The molecule has 7 heteroatoms. The van der Waals surface area contributed by atoms with E-state index in [9.17, 15) is 9.59 Å². The van der Waals surface area contributed by atoms with E-state index in [0.29, 0.717) is 22.1 Å². The number of hydrogen-bond donors (Lipinski definition) is 2. The summed E-state index contributed by atoms with van der Waals surface area (Å²) in [6, 6.07) is 14.9. The predicted octanol–water partition coefficient (Wildman–Crippen LogP) is 5.14. The molecule has 0 spiro atoms. The summed E-state index contributed by atoms with van der Waals surface area (Å²) in [6.07, 6.45) is 4.01. The van der Waals surface area contributed by atoms with Crippen molar-refractivity contribution in [1.82, 2.24) is 9.55 Å². The van der Waals surface area contributed by atoms with E-state index in [2.05, 4.69) is 15.2 Å². The van der Waals surface area contributed by atoms with Gasteiger partial charge in [0.05, 0.1) is 17.1 Å². The minimum atomic E-state index is -0.309. The lowest BCUT2D eigenvalue weighted by Crippen LogP contribution is -2.17. The molecule has 6 nitrogen and oxygen atoms in total. The summed E-state index contributed by atoms with van der Waals surface area (Å²) in [4.78, 5) is 29.5. The molecule has 1 aliphatic heterocycles. The van der Waals surface area contributed by atoms with E-state index < -0.39 is 0 Å². The van der Waals surface area contributed by atoms with Crippen LogP contribution in [-0.4, -0.2) is 21.4 Å². The first-order valence-corrected chi connectivity index (χ1v) is 10.4. The van der Waals surface area contributed by atoms with Gasteiger partial charge in [0.1, 0.15) is 11.5 Å². The Balaban J connectivity index is 1.73. The fourth-order valence-corrected chi connectivity index (χ4v) is 3.98. The second-order valence-corrected chi connectivity index (χ2v) is 7.82. The van der Waals surface area contributed by atoms with Gasteiger partial charge in [-0.2, -0.15) is 0 Å². The maximum atomic E-state index is 13.2. The van der Waals surface area contributed by atoms with Gasteiger partial charge in [-0.1, -0.05) is 48.4 Å². The van der Waals surface area contributed by atoms with Crippen molar-refractivity contribution >= 4 is 34.8 Å². The van der Waals surface area contributed by atoms with Gasteiger partial charge in [-0.25, -0.2) is 4.98 Å². The average Bonchev–Trinajstić information content (AvgIpc) is 2.91. The second-order valence-electron chi connectivity index (χ2n) is 7.38. The predicted molar refractivity (Wildman–Crippen MR) is 119 cm³/mol. The number of amides is 2. The molecule has 0 unspecified atom stereocenters. The van der Waals surface area contributed by atoms with Gasteiger partial charge in [0.2, 0.25) is 5.91 Å². The molecule has 0 atom stereocenters. The lowest BCUT2D eigenvalue weighted by Gasteiger charge is -2.12. The summed E-state index contributed by atoms with van der Waals surface area (Å²) >= 11 is 6.12. The van der Waals surface area contributed by atoms with E-state index in [4.69, 9.17) is 16.6 Å².